The van der Waals surface area contributed by atoms with Gasteiger partial charge in [-0.3, -0.25) is 9.20 Å². The third kappa shape index (κ3) is 3.43. The molecular weight excluding hydrogens is 284 g/mol. The molecule has 0 saturated heterocycles. The Hall–Kier alpha value is -1.43. The Balaban J connectivity index is 2.25. The fourth-order valence-corrected chi connectivity index (χ4v) is 4.01. The van der Waals surface area contributed by atoms with Gasteiger partial charge in [-0.2, -0.15) is 0 Å². The molecule has 0 spiro atoms. The van der Waals surface area contributed by atoms with Gasteiger partial charge in [0.05, 0.1) is 0 Å². The lowest BCUT2D eigenvalue weighted by atomic mass is 9.82. The van der Waals surface area contributed by atoms with Gasteiger partial charge < -0.3 is 5.32 Å². The van der Waals surface area contributed by atoms with Crippen molar-refractivity contribution in [2.75, 3.05) is 0 Å². The molecule has 0 aliphatic heterocycles. The highest BCUT2D eigenvalue weighted by Crippen LogP contribution is 2.28. The summed E-state index contributed by atoms with van der Waals surface area (Å²) < 4.78 is 1.93. The molecule has 0 bridgehead atoms. The summed E-state index contributed by atoms with van der Waals surface area (Å²) in [4.78, 5) is 14.1. The van der Waals surface area contributed by atoms with E-state index in [2.05, 4.69) is 50.1 Å². The Morgan fingerprint density at radius 3 is 2.33 bits per heavy atom. The number of thiazole rings is 1. The number of fused-ring (bicyclic) bond motifs is 1. The van der Waals surface area contributed by atoms with Gasteiger partial charge in [-0.1, -0.05) is 32.1 Å². The second kappa shape index (κ2) is 5.09. The zero-order valence-electron chi connectivity index (χ0n) is 13.9. The minimum atomic E-state index is -0.249. The maximum Gasteiger partial charge on any atom is 0.263 e. The normalized spacial score (nSPS) is 12.9. The average molecular weight is 308 g/mol. The van der Waals surface area contributed by atoms with Crippen LogP contribution in [0.1, 0.15) is 62.2 Å². The molecule has 0 atom stereocenters. The molecule has 1 amide bonds. The number of hydrogen-bond acceptors (Lipinski definition) is 4. The zero-order chi connectivity index (χ0) is 16.0. The largest absolute Gasteiger partial charge is 0.346 e. The molecule has 0 radical (unpaired) electrons. The molecule has 0 aliphatic carbocycles. The predicted molar refractivity (Wildman–Crippen MR) is 86.0 cm³/mol. The number of nitrogens with one attached hydrogen (secondary N) is 1. The Bertz CT molecular complexity index is 676. The van der Waals surface area contributed by atoms with Crippen LogP contribution in [0.2, 0.25) is 0 Å². The van der Waals surface area contributed by atoms with Crippen molar-refractivity contribution in [1.82, 2.24) is 19.9 Å². The van der Waals surface area contributed by atoms with E-state index in [1.165, 1.54) is 11.3 Å². The zero-order valence-corrected chi connectivity index (χ0v) is 14.7. The lowest BCUT2D eigenvalue weighted by Gasteiger charge is -2.33. The first-order valence-electron chi connectivity index (χ1n) is 7.14. The molecule has 2 aromatic heterocycles. The summed E-state index contributed by atoms with van der Waals surface area (Å²) in [6.07, 6.45) is 0.911. The maximum atomic E-state index is 12.6. The first-order chi connectivity index (χ1) is 9.50. The van der Waals surface area contributed by atoms with Gasteiger partial charge in [-0.25, -0.2) is 0 Å². The number of rotatable bonds is 3. The number of nitrogens with zero attached hydrogens (tertiary/aromatic N) is 3. The van der Waals surface area contributed by atoms with Crippen LogP contribution in [0.15, 0.2) is 0 Å². The van der Waals surface area contributed by atoms with E-state index < -0.39 is 0 Å². The Labute approximate surface area is 129 Å². The molecule has 1 N–H and O–H groups in total. The number of aromatic nitrogens is 3. The van der Waals surface area contributed by atoms with Crippen molar-refractivity contribution in [1.29, 1.82) is 0 Å². The summed E-state index contributed by atoms with van der Waals surface area (Å²) in [6, 6.07) is 0. The molecule has 0 unspecified atom stereocenters. The van der Waals surface area contributed by atoms with E-state index in [0.717, 1.165) is 22.9 Å². The smallest absolute Gasteiger partial charge is 0.263 e. The summed E-state index contributed by atoms with van der Waals surface area (Å²) in [7, 11) is 0. The topological polar surface area (TPSA) is 59.3 Å². The van der Waals surface area contributed by atoms with Crippen LogP contribution in [0.25, 0.3) is 4.96 Å². The third-order valence-electron chi connectivity index (χ3n) is 3.28. The molecule has 116 valence electrons. The van der Waals surface area contributed by atoms with Gasteiger partial charge in [0, 0.05) is 11.2 Å². The first kappa shape index (κ1) is 15.9. The molecule has 5 nitrogen and oxygen atoms in total. The van der Waals surface area contributed by atoms with Gasteiger partial charge in [-0.05, 0) is 39.5 Å². The second-order valence-electron chi connectivity index (χ2n) is 7.46. The highest BCUT2D eigenvalue weighted by Gasteiger charge is 2.29. The lowest BCUT2D eigenvalue weighted by Crippen LogP contribution is -2.45. The van der Waals surface area contributed by atoms with Crippen LogP contribution in [-0.4, -0.2) is 26.0 Å². The van der Waals surface area contributed by atoms with Crippen LogP contribution < -0.4 is 5.32 Å². The molecule has 6 heteroatoms. The quantitative estimate of drug-likeness (QED) is 0.946. The van der Waals surface area contributed by atoms with Crippen molar-refractivity contribution in [3.63, 3.8) is 0 Å². The number of aryl methyl sites for hydroxylation is 2. The van der Waals surface area contributed by atoms with Gasteiger partial charge in [0.25, 0.3) is 5.91 Å². The first-order valence-corrected chi connectivity index (χ1v) is 7.95. The average Bonchev–Trinajstić information content (AvgIpc) is 2.76. The summed E-state index contributed by atoms with van der Waals surface area (Å²) in [6.45, 7) is 14.5. The summed E-state index contributed by atoms with van der Waals surface area (Å²) in [5.74, 6) is 0.781. The number of amides is 1. The molecule has 0 aliphatic rings. The molecule has 0 fully saturated rings. The molecule has 21 heavy (non-hydrogen) atoms. The molecule has 0 aromatic carbocycles. The van der Waals surface area contributed by atoms with E-state index in [9.17, 15) is 4.79 Å². The van der Waals surface area contributed by atoms with E-state index in [1.807, 2.05) is 18.2 Å². The SMILES string of the molecule is Cc1nnc2sc(C(=O)NC(C)(C)CC(C)(C)C)c(C)n12. The predicted octanol–water partition coefficient (Wildman–Crippen LogP) is 3.35. The van der Waals surface area contributed by atoms with E-state index >= 15 is 0 Å². The summed E-state index contributed by atoms with van der Waals surface area (Å²) >= 11 is 1.39. The lowest BCUT2D eigenvalue weighted by molar-refractivity contribution is 0.0894. The molecule has 2 rings (SSSR count). The van der Waals surface area contributed by atoms with E-state index in [1.54, 1.807) is 0 Å². The second-order valence-corrected chi connectivity index (χ2v) is 8.43. The third-order valence-corrected chi connectivity index (χ3v) is 4.41. The Kier molecular flexibility index (Phi) is 3.86. The molecule has 2 heterocycles. The van der Waals surface area contributed by atoms with Gasteiger partial charge >= 0.3 is 0 Å². The van der Waals surface area contributed by atoms with Gasteiger partial charge in [0.2, 0.25) is 4.96 Å². The van der Waals surface area contributed by atoms with Crippen molar-refractivity contribution in [2.45, 2.75) is 60.4 Å². The van der Waals surface area contributed by atoms with Crippen LogP contribution >= 0.6 is 11.3 Å². The summed E-state index contributed by atoms with van der Waals surface area (Å²) in [5.41, 5.74) is 0.818. The van der Waals surface area contributed by atoms with Crippen LogP contribution in [-0.2, 0) is 0 Å². The van der Waals surface area contributed by atoms with Crippen LogP contribution in [0.4, 0.5) is 0 Å². The molecule has 0 saturated carbocycles. The standard InChI is InChI=1S/C15H24N4OS/c1-9-11(21-13-18-17-10(2)19(9)13)12(20)16-15(6,7)8-14(3,4)5/h8H2,1-7H3,(H,16,20). The minimum Gasteiger partial charge on any atom is -0.346 e. The van der Waals surface area contributed by atoms with Crippen molar-refractivity contribution in [3.8, 4) is 0 Å². The fourth-order valence-electron chi connectivity index (χ4n) is 3.01. The van der Waals surface area contributed by atoms with E-state index in [0.29, 0.717) is 4.88 Å². The minimum absolute atomic E-state index is 0.0309. The van der Waals surface area contributed by atoms with Crippen LogP contribution in [0, 0.1) is 19.3 Å². The fraction of sp³-hybridized carbons (Fsp3) is 0.667. The van der Waals surface area contributed by atoms with Crippen molar-refractivity contribution < 1.29 is 4.79 Å². The van der Waals surface area contributed by atoms with Crippen LogP contribution in [0.3, 0.4) is 0 Å². The van der Waals surface area contributed by atoms with Crippen LogP contribution in [0.5, 0.6) is 0 Å². The molecular formula is C15H24N4OS. The highest BCUT2D eigenvalue weighted by atomic mass is 32.1. The molecule has 2 aromatic rings. The number of hydrogen-bond donors (Lipinski definition) is 1. The number of carbonyl (C=O) groups excluding carboxylic acids is 1. The van der Waals surface area contributed by atoms with Crippen molar-refractivity contribution >= 4 is 22.2 Å². The maximum absolute atomic E-state index is 12.6. The van der Waals surface area contributed by atoms with Crippen molar-refractivity contribution in [3.05, 3.63) is 16.4 Å². The van der Waals surface area contributed by atoms with Crippen molar-refractivity contribution in [2.24, 2.45) is 5.41 Å². The van der Waals surface area contributed by atoms with Gasteiger partial charge in [-0.15, -0.1) is 10.2 Å². The van der Waals surface area contributed by atoms with Gasteiger partial charge in [0.1, 0.15) is 10.7 Å². The monoisotopic (exact) mass is 308 g/mol. The Morgan fingerprint density at radius 1 is 1.19 bits per heavy atom. The van der Waals surface area contributed by atoms with E-state index in [-0.39, 0.29) is 16.9 Å². The van der Waals surface area contributed by atoms with Gasteiger partial charge in [0.15, 0.2) is 0 Å². The highest BCUT2D eigenvalue weighted by molar-refractivity contribution is 7.19. The summed E-state index contributed by atoms with van der Waals surface area (Å²) in [5, 5.41) is 11.3. The Morgan fingerprint density at radius 2 is 1.81 bits per heavy atom. The van der Waals surface area contributed by atoms with E-state index in [4.69, 9.17) is 0 Å². The number of carbonyl (C=O) groups is 1.